The molecule has 18 heavy (non-hydrogen) atoms. The highest BCUT2D eigenvalue weighted by Gasteiger charge is 2.12. The average molecular weight is 285 g/mol. The van der Waals surface area contributed by atoms with Crippen molar-refractivity contribution in [3.63, 3.8) is 0 Å². The van der Waals surface area contributed by atoms with Crippen molar-refractivity contribution in [1.29, 1.82) is 0 Å². The largest absolute Gasteiger partial charge is 0.487 e. The second-order valence-electron chi connectivity index (χ2n) is 3.52. The van der Waals surface area contributed by atoms with E-state index in [4.69, 9.17) is 21.4 Å². The molecule has 0 atom stereocenters. The van der Waals surface area contributed by atoms with Crippen LogP contribution in [0.4, 0.5) is 0 Å². The Balaban J connectivity index is 2.17. The highest BCUT2D eigenvalue weighted by Crippen LogP contribution is 2.24. The number of aromatic nitrogens is 2. The van der Waals surface area contributed by atoms with Crippen molar-refractivity contribution in [2.45, 2.75) is 13.5 Å². The highest BCUT2D eigenvalue weighted by atomic mass is 35.5. The molecular weight excluding hydrogens is 276 g/mol. The van der Waals surface area contributed by atoms with Crippen LogP contribution in [0.1, 0.15) is 21.6 Å². The number of aromatic carboxylic acids is 1. The smallest absolute Gasteiger partial charge is 0.336 e. The van der Waals surface area contributed by atoms with E-state index in [-0.39, 0.29) is 12.2 Å². The Morgan fingerprint density at radius 3 is 2.94 bits per heavy atom. The quantitative estimate of drug-likeness (QED) is 0.934. The first-order valence-corrected chi connectivity index (χ1v) is 6.17. The predicted octanol–water partition coefficient (Wildman–Crippen LogP) is 2.78. The summed E-state index contributed by atoms with van der Waals surface area (Å²) in [5, 5.41) is 12.8. The Bertz CT molecular complexity index is 585. The third-order valence-corrected chi connectivity index (χ3v) is 3.37. The Morgan fingerprint density at radius 2 is 2.33 bits per heavy atom. The van der Waals surface area contributed by atoms with Crippen LogP contribution in [0.15, 0.2) is 18.2 Å². The molecule has 0 fully saturated rings. The van der Waals surface area contributed by atoms with E-state index in [9.17, 15) is 4.79 Å². The van der Waals surface area contributed by atoms with E-state index < -0.39 is 5.97 Å². The minimum absolute atomic E-state index is 0.166. The van der Waals surface area contributed by atoms with Crippen molar-refractivity contribution in [1.82, 2.24) is 9.59 Å². The van der Waals surface area contributed by atoms with Crippen molar-refractivity contribution in [3.8, 4) is 5.75 Å². The van der Waals surface area contributed by atoms with E-state index in [1.54, 1.807) is 19.1 Å². The zero-order valence-electron chi connectivity index (χ0n) is 9.38. The van der Waals surface area contributed by atoms with Gasteiger partial charge in [-0.15, -0.1) is 5.10 Å². The topological polar surface area (TPSA) is 72.3 Å². The van der Waals surface area contributed by atoms with E-state index in [1.165, 1.54) is 6.07 Å². The summed E-state index contributed by atoms with van der Waals surface area (Å²) in [7, 11) is 0. The van der Waals surface area contributed by atoms with Crippen LogP contribution < -0.4 is 4.74 Å². The summed E-state index contributed by atoms with van der Waals surface area (Å²) >= 11 is 6.93. The van der Waals surface area contributed by atoms with Crippen LogP contribution in [0.5, 0.6) is 5.75 Å². The third-order valence-electron chi connectivity index (χ3n) is 2.39. The summed E-state index contributed by atoms with van der Waals surface area (Å²) < 4.78 is 9.67. The van der Waals surface area contributed by atoms with Gasteiger partial charge in [0.05, 0.1) is 5.56 Å². The number of nitrogens with zero attached hydrogens (tertiary/aromatic N) is 2. The lowest BCUT2D eigenvalue weighted by molar-refractivity contribution is 0.0695. The van der Waals surface area contributed by atoms with Crippen LogP contribution in [0, 0.1) is 6.92 Å². The predicted molar refractivity (Wildman–Crippen MR) is 67.4 cm³/mol. The van der Waals surface area contributed by atoms with Gasteiger partial charge in [-0.2, -0.15) is 0 Å². The monoisotopic (exact) mass is 284 g/mol. The lowest BCUT2D eigenvalue weighted by atomic mass is 10.1. The van der Waals surface area contributed by atoms with Crippen LogP contribution in [-0.4, -0.2) is 20.7 Å². The lowest BCUT2D eigenvalue weighted by Crippen LogP contribution is -2.03. The minimum Gasteiger partial charge on any atom is -0.487 e. The summed E-state index contributed by atoms with van der Waals surface area (Å²) in [6.07, 6.45) is 0. The zero-order chi connectivity index (χ0) is 13.1. The molecule has 0 aliphatic carbocycles. The van der Waals surface area contributed by atoms with E-state index >= 15 is 0 Å². The third kappa shape index (κ3) is 2.60. The molecule has 0 saturated heterocycles. The van der Waals surface area contributed by atoms with Gasteiger partial charge >= 0.3 is 5.97 Å². The van der Waals surface area contributed by atoms with Crippen molar-refractivity contribution in [2.75, 3.05) is 0 Å². The van der Waals surface area contributed by atoms with Crippen LogP contribution in [0.3, 0.4) is 0 Å². The van der Waals surface area contributed by atoms with Gasteiger partial charge in [0.15, 0.2) is 0 Å². The normalized spacial score (nSPS) is 10.3. The summed E-state index contributed by atoms with van der Waals surface area (Å²) in [4.78, 5) is 11.0. The molecule has 0 aliphatic rings. The van der Waals surface area contributed by atoms with Gasteiger partial charge in [-0.3, -0.25) is 0 Å². The molecule has 0 bridgehead atoms. The standard InChI is InChI=1S/C11H9ClN2O3S/c1-6-7(11(15)16)3-2-4-9(6)17-5-8-10(12)18-14-13-8/h2-4H,5H2,1H3,(H,15,16). The summed E-state index contributed by atoms with van der Waals surface area (Å²) in [5.41, 5.74) is 1.33. The fourth-order valence-corrected chi connectivity index (χ4v) is 2.03. The molecule has 1 aromatic heterocycles. The van der Waals surface area contributed by atoms with Gasteiger partial charge in [-0.05, 0) is 19.1 Å². The Labute approximate surface area is 112 Å². The molecule has 2 rings (SSSR count). The summed E-state index contributed by atoms with van der Waals surface area (Å²) in [6, 6.07) is 4.87. The van der Waals surface area contributed by atoms with Crippen LogP contribution in [0.25, 0.3) is 0 Å². The van der Waals surface area contributed by atoms with Crippen molar-refractivity contribution >= 4 is 29.1 Å². The average Bonchev–Trinajstić information content (AvgIpc) is 2.73. The first-order valence-electron chi connectivity index (χ1n) is 5.02. The number of carbonyl (C=O) groups is 1. The molecule has 1 aromatic carbocycles. The molecule has 0 unspecified atom stereocenters. The van der Waals surface area contributed by atoms with E-state index in [1.807, 2.05) is 0 Å². The lowest BCUT2D eigenvalue weighted by Gasteiger charge is -2.09. The van der Waals surface area contributed by atoms with Crippen molar-refractivity contribution in [2.24, 2.45) is 0 Å². The molecular formula is C11H9ClN2O3S. The molecule has 1 heterocycles. The molecule has 0 radical (unpaired) electrons. The summed E-state index contributed by atoms with van der Waals surface area (Å²) in [6.45, 7) is 1.86. The number of benzene rings is 1. The number of hydrogen-bond donors (Lipinski definition) is 1. The first-order chi connectivity index (χ1) is 8.59. The van der Waals surface area contributed by atoms with Gasteiger partial charge in [0.2, 0.25) is 0 Å². The molecule has 5 nitrogen and oxygen atoms in total. The van der Waals surface area contributed by atoms with Crippen LogP contribution >= 0.6 is 23.1 Å². The number of carboxylic acid groups (broad SMARTS) is 1. The fraction of sp³-hybridized carbons (Fsp3) is 0.182. The van der Waals surface area contributed by atoms with E-state index in [2.05, 4.69) is 9.59 Å². The minimum atomic E-state index is -0.980. The van der Waals surface area contributed by atoms with E-state index in [0.29, 0.717) is 21.3 Å². The van der Waals surface area contributed by atoms with Gasteiger partial charge in [0, 0.05) is 17.1 Å². The number of hydrogen-bond acceptors (Lipinski definition) is 5. The SMILES string of the molecule is Cc1c(OCc2nnsc2Cl)cccc1C(=O)O. The maximum atomic E-state index is 11.0. The van der Waals surface area contributed by atoms with Gasteiger partial charge in [0.25, 0.3) is 0 Å². The zero-order valence-corrected chi connectivity index (χ0v) is 11.0. The van der Waals surface area contributed by atoms with Crippen LogP contribution in [0.2, 0.25) is 4.34 Å². The number of rotatable bonds is 4. The molecule has 0 spiro atoms. The van der Waals surface area contributed by atoms with Gasteiger partial charge < -0.3 is 9.84 Å². The Hall–Kier alpha value is -1.66. The second-order valence-corrected chi connectivity index (χ2v) is 4.87. The maximum absolute atomic E-state index is 11.0. The van der Waals surface area contributed by atoms with Crippen molar-refractivity contribution in [3.05, 3.63) is 39.4 Å². The van der Waals surface area contributed by atoms with E-state index in [0.717, 1.165) is 11.5 Å². The molecule has 94 valence electrons. The molecule has 0 amide bonds. The molecule has 0 saturated carbocycles. The highest BCUT2D eigenvalue weighted by molar-refractivity contribution is 7.10. The fourth-order valence-electron chi connectivity index (χ4n) is 1.43. The Morgan fingerprint density at radius 1 is 1.56 bits per heavy atom. The molecule has 1 N–H and O–H groups in total. The molecule has 7 heteroatoms. The second kappa shape index (κ2) is 5.32. The molecule has 0 aliphatic heterocycles. The number of ether oxygens (including phenoxy) is 1. The first kappa shape index (κ1) is 12.8. The van der Waals surface area contributed by atoms with Gasteiger partial charge in [0.1, 0.15) is 22.4 Å². The maximum Gasteiger partial charge on any atom is 0.336 e. The number of halogens is 1. The van der Waals surface area contributed by atoms with Crippen LogP contribution in [-0.2, 0) is 6.61 Å². The molecule has 2 aromatic rings. The van der Waals surface area contributed by atoms with Crippen molar-refractivity contribution < 1.29 is 14.6 Å². The summed E-state index contributed by atoms with van der Waals surface area (Å²) in [5.74, 6) is -0.481. The Kier molecular flexibility index (Phi) is 3.78. The van der Waals surface area contributed by atoms with Gasteiger partial charge in [-0.1, -0.05) is 22.2 Å². The van der Waals surface area contributed by atoms with Gasteiger partial charge in [-0.25, -0.2) is 4.79 Å². The number of carboxylic acids is 1.